The summed E-state index contributed by atoms with van der Waals surface area (Å²) in [6.45, 7) is 7.07. The van der Waals surface area contributed by atoms with Gasteiger partial charge in [0.05, 0.1) is 0 Å². The van der Waals surface area contributed by atoms with Crippen molar-refractivity contribution >= 4 is 11.7 Å². The monoisotopic (exact) mass is 277 g/mol. The van der Waals surface area contributed by atoms with Gasteiger partial charge in [0, 0.05) is 18.3 Å². The van der Waals surface area contributed by atoms with Gasteiger partial charge in [-0.3, -0.25) is 0 Å². The van der Waals surface area contributed by atoms with E-state index >= 15 is 0 Å². The van der Waals surface area contributed by atoms with Crippen molar-refractivity contribution in [1.82, 2.24) is 5.32 Å². The molecule has 1 rings (SSSR count). The molecular formula is C16H27N3O. The van der Waals surface area contributed by atoms with Crippen LogP contribution in [0.1, 0.15) is 51.6 Å². The van der Waals surface area contributed by atoms with Gasteiger partial charge in [0.15, 0.2) is 0 Å². The number of carbonyl (C=O) groups is 1. The van der Waals surface area contributed by atoms with Crippen molar-refractivity contribution in [2.75, 3.05) is 11.9 Å². The van der Waals surface area contributed by atoms with Gasteiger partial charge in [-0.1, -0.05) is 38.8 Å². The summed E-state index contributed by atoms with van der Waals surface area (Å²) < 4.78 is 0. The van der Waals surface area contributed by atoms with Crippen LogP contribution in [-0.2, 0) is 0 Å². The zero-order valence-electron chi connectivity index (χ0n) is 12.8. The van der Waals surface area contributed by atoms with Gasteiger partial charge in [0.25, 0.3) is 0 Å². The number of hydrogen-bond donors (Lipinski definition) is 3. The highest BCUT2D eigenvalue weighted by Crippen LogP contribution is 2.15. The average molecular weight is 277 g/mol. The zero-order valence-corrected chi connectivity index (χ0v) is 12.8. The number of unbranched alkanes of at least 4 members (excludes halogenated alkanes) is 1. The van der Waals surface area contributed by atoms with Gasteiger partial charge in [-0.15, -0.1) is 0 Å². The molecule has 4 N–H and O–H groups in total. The predicted octanol–water partition coefficient (Wildman–Crippen LogP) is 3.65. The first-order valence-electron chi connectivity index (χ1n) is 7.39. The zero-order chi connectivity index (χ0) is 15.0. The Morgan fingerprint density at radius 1 is 1.25 bits per heavy atom. The second kappa shape index (κ2) is 8.59. The maximum Gasteiger partial charge on any atom is 0.319 e. The molecule has 0 saturated carbocycles. The molecule has 1 unspecified atom stereocenters. The summed E-state index contributed by atoms with van der Waals surface area (Å²) in [5.74, 6) is 0.727. The second-order valence-electron chi connectivity index (χ2n) is 5.68. The van der Waals surface area contributed by atoms with Crippen molar-refractivity contribution in [2.45, 2.75) is 46.1 Å². The minimum absolute atomic E-state index is 0.0316. The molecule has 0 bridgehead atoms. The molecule has 4 nitrogen and oxygen atoms in total. The smallest absolute Gasteiger partial charge is 0.319 e. The number of nitrogens with two attached hydrogens (primary N) is 1. The summed E-state index contributed by atoms with van der Waals surface area (Å²) >= 11 is 0. The largest absolute Gasteiger partial charge is 0.338 e. The standard InChI is InChI=1S/C16H27N3O/c1-12(2)7-4-5-10-18-16(20)19-15-9-6-8-14(11-15)13(3)17/h6,8-9,11-13H,4-5,7,10,17H2,1-3H3,(H2,18,19,20). The van der Waals surface area contributed by atoms with Gasteiger partial charge in [0.2, 0.25) is 0 Å². The minimum Gasteiger partial charge on any atom is -0.338 e. The van der Waals surface area contributed by atoms with Crippen molar-refractivity contribution in [1.29, 1.82) is 0 Å². The molecule has 0 aliphatic heterocycles. The lowest BCUT2D eigenvalue weighted by Gasteiger charge is -2.11. The van der Waals surface area contributed by atoms with E-state index in [1.54, 1.807) is 0 Å². The third-order valence-corrected chi connectivity index (χ3v) is 3.16. The molecule has 0 radical (unpaired) electrons. The van der Waals surface area contributed by atoms with Crippen LogP contribution in [0.15, 0.2) is 24.3 Å². The number of nitrogens with one attached hydrogen (secondary N) is 2. The van der Waals surface area contributed by atoms with Gasteiger partial charge in [-0.25, -0.2) is 4.79 Å². The predicted molar refractivity (Wildman–Crippen MR) is 84.8 cm³/mol. The van der Waals surface area contributed by atoms with Crippen LogP contribution in [0.2, 0.25) is 0 Å². The lowest BCUT2D eigenvalue weighted by Crippen LogP contribution is -2.29. The number of benzene rings is 1. The molecule has 0 fully saturated rings. The lowest BCUT2D eigenvalue weighted by atomic mass is 10.1. The Balaban J connectivity index is 2.30. The number of carbonyl (C=O) groups excluding carboxylic acids is 1. The van der Waals surface area contributed by atoms with Crippen molar-refractivity contribution in [3.8, 4) is 0 Å². The molecule has 1 aromatic carbocycles. The first kappa shape index (κ1) is 16.5. The van der Waals surface area contributed by atoms with Crippen molar-refractivity contribution in [2.24, 2.45) is 11.7 Å². The van der Waals surface area contributed by atoms with Crippen LogP contribution in [0.3, 0.4) is 0 Å². The van der Waals surface area contributed by atoms with Crippen molar-refractivity contribution < 1.29 is 4.79 Å². The van der Waals surface area contributed by atoms with Crippen LogP contribution in [0.5, 0.6) is 0 Å². The maximum absolute atomic E-state index is 11.7. The highest BCUT2D eigenvalue weighted by atomic mass is 16.2. The maximum atomic E-state index is 11.7. The van der Waals surface area contributed by atoms with Crippen LogP contribution in [-0.4, -0.2) is 12.6 Å². The van der Waals surface area contributed by atoms with Gasteiger partial charge in [-0.05, 0) is 37.0 Å². The Morgan fingerprint density at radius 2 is 2.00 bits per heavy atom. The number of rotatable bonds is 7. The summed E-state index contributed by atoms with van der Waals surface area (Å²) in [5.41, 5.74) is 7.61. The molecule has 2 amide bonds. The molecule has 0 saturated heterocycles. The van der Waals surface area contributed by atoms with E-state index < -0.39 is 0 Å². The van der Waals surface area contributed by atoms with E-state index in [4.69, 9.17) is 5.73 Å². The molecular weight excluding hydrogens is 250 g/mol. The van der Waals surface area contributed by atoms with Gasteiger partial charge in [0.1, 0.15) is 0 Å². The molecule has 0 spiro atoms. The summed E-state index contributed by atoms with van der Waals surface area (Å²) in [6, 6.07) is 7.44. The van der Waals surface area contributed by atoms with Crippen LogP contribution < -0.4 is 16.4 Å². The number of urea groups is 1. The van der Waals surface area contributed by atoms with Crippen molar-refractivity contribution in [3.63, 3.8) is 0 Å². The van der Waals surface area contributed by atoms with Gasteiger partial charge in [-0.2, -0.15) is 0 Å². The fourth-order valence-electron chi connectivity index (χ4n) is 1.95. The van der Waals surface area contributed by atoms with E-state index in [0.29, 0.717) is 6.54 Å². The number of amides is 2. The van der Waals surface area contributed by atoms with E-state index in [1.165, 1.54) is 6.42 Å². The van der Waals surface area contributed by atoms with E-state index in [0.717, 1.165) is 30.0 Å². The normalized spacial score (nSPS) is 12.2. The Morgan fingerprint density at radius 3 is 2.65 bits per heavy atom. The quantitative estimate of drug-likeness (QED) is 0.666. The molecule has 0 aromatic heterocycles. The third kappa shape index (κ3) is 6.57. The molecule has 0 aliphatic rings. The Hall–Kier alpha value is -1.55. The summed E-state index contributed by atoms with van der Waals surface area (Å²) in [7, 11) is 0. The molecule has 1 aromatic rings. The first-order valence-corrected chi connectivity index (χ1v) is 7.39. The summed E-state index contributed by atoms with van der Waals surface area (Å²) in [6.07, 6.45) is 3.38. The molecule has 0 heterocycles. The van der Waals surface area contributed by atoms with Crippen molar-refractivity contribution in [3.05, 3.63) is 29.8 Å². The highest BCUT2D eigenvalue weighted by Gasteiger charge is 2.04. The van der Waals surface area contributed by atoms with Gasteiger partial charge >= 0.3 is 6.03 Å². The Labute approximate surface area is 122 Å². The highest BCUT2D eigenvalue weighted by molar-refractivity contribution is 5.89. The van der Waals surface area contributed by atoms with E-state index in [2.05, 4.69) is 24.5 Å². The third-order valence-electron chi connectivity index (χ3n) is 3.16. The minimum atomic E-state index is -0.156. The fraction of sp³-hybridized carbons (Fsp3) is 0.562. The van der Waals surface area contributed by atoms with E-state index in [-0.39, 0.29) is 12.1 Å². The van der Waals surface area contributed by atoms with E-state index in [1.807, 2.05) is 31.2 Å². The molecule has 0 aliphatic carbocycles. The topological polar surface area (TPSA) is 67.2 Å². The molecule has 20 heavy (non-hydrogen) atoms. The molecule has 4 heteroatoms. The Bertz CT molecular complexity index is 416. The average Bonchev–Trinajstić information content (AvgIpc) is 2.38. The Kier molecular flexibility index (Phi) is 7.09. The fourth-order valence-corrected chi connectivity index (χ4v) is 1.95. The molecule has 1 atom stereocenters. The van der Waals surface area contributed by atoms with E-state index in [9.17, 15) is 4.79 Å². The second-order valence-corrected chi connectivity index (χ2v) is 5.68. The SMILES string of the molecule is CC(C)CCCCNC(=O)Nc1cccc(C(C)N)c1. The summed E-state index contributed by atoms with van der Waals surface area (Å²) in [4.78, 5) is 11.7. The number of anilines is 1. The number of hydrogen-bond acceptors (Lipinski definition) is 2. The lowest BCUT2D eigenvalue weighted by molar-refractivity contribution is 0.252. The van der Waals surface area contributed by atoms with Crippen LogP contribution >= 0.6 is 0 Å². The van der Waals surface area contributed by atoms with Crippen LogP contribution in [0, 0.1) is 5.92 Å². The van der Waals surface area contributed by atoms with Gasteiger partial charge < -0.3 is 16.4 Å². The molecule has 112 valence electrons. The van der Waals surface area contributed by atoms with Crippen LogP contribution in [0.4, 0.5) is 10.5 Å². The summed E-state index contributed by atoms with van der Waals surface area (Å²) in [5, 5.41) is 5.70. The van der Waals surface area contributed by atoms with Crippen LogP contribution in [0.25, 0.3) is 0 Å². The first-order chi connectivity index (χ1) is 9.49.